The Hall–Kier alpha value is -0.870. The third-order valence-electron chi connectivity index (χ3n) is 1.23. The lowest BCUT2D eigenvalue weighted by molar-refractivity contribution is 0.256. The van der Waals surface area contributed by atoms with Crippen LogP contribution in [0.5, 0.6) is 0 Å². The number of nitrogens with zero attached hydrogens (tertiary/aromatic N) is 1. The van der Waals surface area contributed by atoms with Gasteiger partial charge >= 0.3 is 7.75 Å². The Morgan fingerprint density at radius 1 is 1.17 bits per heavy atom. The standard InChI is InChI=1S/C6H8NO4P/c8-7(12(9,10)11)6-4-2-1-3-5-6/h1-5,8H,(H2,9,10,11). The summed E-state index contributed by atoms with van der Waals surface area (Å²) in [5.74, 6) is 0. The van der Waals surface area contributed by atoms with Crippen molar-refractivity contribution >= 4 is 13.4 Å². The zero-order valence-electron chi connectivity index (χ0n) is 6.03. The molecule has 0 fully saturated rings. The minimum absolute atomic E-state index is 0.0610. The second-order valence-electron chi connectivity index (χ2n) is 2.14. The molecule has 5 nitrogen and oxygen atoms in total. The van der Waals surface area contributed by atoms with Gasteiger partial charge in [0.15, 0.2) is 0 Å². The Labute approximate surface area is 69.0 Å². The van der Waals surface area contributed by atoms with Crippen molar-refractivity contribution in [2.45, 2.75) is 0 Å². The number of benzene rings is 1. The molecule has 0 aliphatic carbocycles. The summed E-state index contributed by atoms with van der Waals surface area (Å²) in [4.78, 5) is 17.0. The lowest BCUT2D eigenvalue weighted by Crippen LogP contribution is -2.13. The average Bonchev–Trinajstić information content (AvgIpc) is 2.03. The Morgan fingerprint density at radius 2 is 1.67 bits per heavy atom. The predicted molar refractivity (Wildman–Crippen MR) is 42.8 cm³/mol. The van der Waals surface area contributed by atoms with E-state index in [-0.39, 0.29) is 10.5 Å². The molecule has 0 saturated carbocycles. The van der Waals surface area contributed by atoms with E-state index < -0.39 is 7.75 Å². The van der Waals surface area contributed by atoms with Crippen LogP contribution in [0, 0.1) is 0 Å². The first-order valence-corrected chi connectivity index (χ1v) is 4.68. The first-order valence-electron chi connectivity index (χ1n) is 3.12. The van der Waals surface area contributed by atoms with Gasteiger partial charge in [0.1, 0.15) is 0 Å². The van der Waals surface area contributed by atoms with E-state index in [2.05, 4.69) is 0 Å². The summed E-state index contributed by atoms with van der Waals surface area (Å²) >= 11 is 0. The molecule has 3 N–H and O–H groups in total. The van der Waals surface area contributed by atoms with Gasteiger partial charge in [0.2, 0.25) is 0 Å². The van der Waals surface area contributed by atoms with Crippen molar-refractivity contribution in [1.29, 1.82) is 0 Å². The van der Waals surface area contributed by atoms with Gasteiger partial charge in [-0.1, -0.05) is 18.2 Å². The maximum absolute atomic E-state index is 10.5. The minimum Gasteiger partial charge on any atom is -0.307 e. The maximum atomic E-state index is 10.5. The Morgan fingerprint density at radius 3 is 2.08 bits per heavy atom. The fourth-order valence-electron chi connectivity index (χ4n) is 0.712. The molecule has 0 saturated heterocycles. The van der Waals surface area contributed by atoms with Gasteiger partial charge in [-0.15, -0.1) is 0 Å². The van der Waals surface area contributed by atoms with Crippen molar-refractivity contribution in [3.05, 3.63) is 30.3 Å². The van der Waals surface area contributed by atoms with E-state index in [1.807, 2.05) is 0 Å². The van der Waals surface area contributed by atoms with E-state index in [0.29, 0.717) is 0 Å². The van der Waals surface area contributed by atoms with Crippen molar-refractivity contribution in [3.63, 3.8) is 0 Å². The maximum Gasteiger partial charge on any atom is 0.453 e. The van der Waals surface area contributed by atoms with Crippen LogP contribution in [-0.2, 0) is 4.57 Å². The zero-order valence-corrected chi connectivity index (χ0v) is 6.93. The molecule has 0 aliphatic rings. The average molecular weight is 189 g/mol. The number of para-hydroxylation sites is 1. The van der Waals surface area contributed by atoms with Gasteiger partial charge in [0.05, 0.1) is 5.69 Å². The van der Waals surface area contributed by atoms with Crippen LogP contribution in [0.15, 0.2) is 30.3 Å². The van der Waals surface area contributed by atoms with Crippen molar-refractivity contribution in [1.82, 2.24) is 0 Å². The molecule has 66 valence electrons. The van der Waals surface area contributed by atoms with E-state index >= 15 is 0 Å². The lowest BCUT2D eigenvalue weighted by atomic mass is 10.3. The molecule has 0 aromatic heterocycles. The summed E-state index contributed by atoms with van der Waals surface area (Å²) in [6.45, 7) is 0. The molecule has 12 heavy (non-hydrogen) atoms. The van der Waals surface area contributed by atoms with Gasteiger partial charge in [-0.3, -0.25) is 5.21 Å². The Kier molecular flexibility index (Phi) is 2.49. The van der Waals surface area contributed by atoms with Crippen LogP contribution >= 0.6 is 7.75 Å². The van der Waals surface area contributed by atoms with Gasteiger partial charge in [0.25, 0.3) is 0 Å². The van der Waals surface area contributed by atoms with Crippen LogP contribution in [-0.4, -0.2) is 15.0 Å². The molecular weight excluding hydrogens is 181 g/mol. The van der Waals surface area contributed by atoms with Crippen LogP contribution < -0.4 is 4.83 Å². The highest BCUT2D eigenvalue weighted by atomic mass is 31.2. The molecule has 1 aromatic carbocycles. The van der Waals surface area contributed by atoms with E-state index in [0.717, 1.165) is 0 Å². The van der Waals surface area contributed by atoms with Gasteiger partial charge in [-0.05, 0) is 12.1 Å². The second kappa shape index (κ2) is 3.25. The lowest BCUT2D eigenvalue weighted by Gasteiger charge is -2.16. The van der Waals surface area contributed by atoms with Gasteiger partial charge in [-0.2, -0.15) is 4.83 Å². The molecule has 0 unspecified atom stereocenters. The Bertz CT molecular complexity index is 296. The highest BCUT2D eigenvalue weighted by Crippen LogP contribution is 2.41. The fourth-order valence-corrected chi connectivity index (χ4v) is 1.15. The summed E-state index contributed by atoms with van der Waals surface area (Å²) in [5.41, 5.74) is 0.0610. The predicted octanol–water partition coefficient (Wildman–Crippen LogP) is 0.975. The molecule has 1 rings (SSSR count). The molecule has 0 spiro atoms. The molecule has 0 atom stereocenters. The largest absolute Gasteiger partial charge is 0.453 e. The van der Waals surface area contributed by atoms with Gasteiger partial charge < -0.3 is 9.79 Å². The normalized spacial score (nSPS) is 11.2. The minimum atomic E-state index is -4.59. The van der Waals surface area contributed by atoms with E-state index in [1.54, 1.807) is 18.2 Å². The molecular formula is C6H8NO4P. The van der Waals surface area contributed by atoms with Crippen molar-refractivity contribution < 1.29 is 19.6 Å². The molecule has 1 aromatic rings. The van der Waals surface area contributed by atoms with Gasteiger partial charge in [0, 0.05) is 0 Å². The third kappa shape index (κ3) is 2.06. The van der Waals surface area contributed by atoms with Gasteiger partial charge in [-0.25, -0.2) is 4.57 Å². The summed E-state index contributed by atoms with van der Waals surface area (Å²) in [5, 5.41) is 8.93. The summed E-state index contributed by atoms with van der Waals surface area (Å²) in [6.07, 6.45) is 0. The number of anilines is 1. The molecule has 0 heterocycles. The van der Waals surface area contributed by atoms with E-state index in [4.69, 9.17) is 15.0 Å². The molecule has 0 amide bonds. The van der Waals surface area contributed by atoms with Crippen LogP contribution in [0.1, 0.15) is 0 Å². The van der Waals surface area contributed by atoms with E-state index in [1.165, 1.54) is 12.1 Å². The number of hydrogen-bond acceptors (Lipinski definition) is 2. The highest BCUT2D eigenvalue weighted by Gasteiger charge is 2.23. The highest BCUT2D eigenvalue weighted by molar-refractivity contribution is 7.53. The number of hydrogen-bond donors (Lipinski definition) is 3. The van der Waals surface area contributed by atoms with Crippen molar-refractivity contribution in [3.8, 4) is 0 Å². The molecule has 0 radical (unpaired) electrons. The zero-order chi connectivity index (χ0) is 9.19. The van der Waals surface area contributed by atoms with Crippen LogP contribution in [0.2, 0.25) is 0 Å². The van der Waals surface area contributed by atoms with Crippen molar-refractivity contribution in [2.75, 3.05) is 4.83 Å². The first-order chi connectivity index (χ1) is 5.52. The van der Waals surface area contributed by atoms with Crippen LogP contribution in [0.3, 0.4) is 0 Å². The Balaban J connectivity index is 2.94. The number of rotatable bonds is 2. The third-order valence-corrected chi connectivity index (χ3v) is 1.96. The SMILES string of the molecule is O=P(O)(O)N(O)c1ccccc1. The van der Waals surface area contributed by atoms with Crippen molar-refractivity contribution in [2.24, 2.45) is 0 Å². The summed E-state index contributed by atoms with van der Waals surface area (Å²) < 4.78 is 10.5. The first kappa shape index (κ1) is 9.22. The summed E-state index contributed by atoms with van der Waals surface area (Å²) in [7, 11) is -4.59. The molecule has 0 aliphatic heterocycles. The summed E-state index contributed by atoms with van der Waals surface area (Å²) in [6, 6.07) is 7.58. The second-order valence-corrected chi connectivity index (χ2v) is 3.54. The fraction of sp³-hybridized carbons (Fsp3) is 0. The van der Waals surface area contributed by atoms with Crippen LogP contribution in [0.25, 0.3) is 0 Å². The quantitative estimate of drug-likeness (QED) is 0.477. The topological polar surface area (TPSA) is 81.0 Å². The monoisotopic (exact) mass is 189 g/mol. The molecule has 6 heteroatoms. The molecule has 0 bridgehead atoms. The van der Waals surface area contributed by atoms with Crippen LogP contribution in [0.4, 0.5) is 5.69 Å². The smallest absolute Gasteiger partial charge is 0.307 e. The van der Waals surface area contributed by atoms with E-state index in [9.17, 15) is 4.57 Å².